The molecule has 2 aliphatic heterocycles. The van der Waals surface area contributed by atoms with E-state index in [0.29, 0.717) is 4.91 Å². The number of carbonyl (C=O) groups excluding carboxylic acids is 3. The van der Waals surface area contributed by atoms with Crippen LogP contribution < -0.4 is 0 Å². The second-order valence-electron chi connectivity index (χ2n) is 6.54. The van der Waals surface area contributed by atoms with Crippen molar-refractivity contribution >= 4 is 29.6 Å². The largest absolute Gasteiger partial charge is 0.460 e. The number of aliphatic hydroxyl groups excluding tert-OH is 1. The first-order chi connectivity index (χ1) is 10.5. The van der Waals surface area contributed by atoms with Crippen molar-refractivity contribution in [2.24, 2.45) is 5.92 Å². The first-order valence-electron chi connectivity index (χ1n) is 7.30. The normalized spacial score (nSPS) is 25.0. The van der Waals surface area contributed by atoms with E-state index >= 15 is 0 Å². The van der Waals surface area contributed by atoms with Gasteiger partial charge in [-0.25, -0.2) is 4.79 Å². The van der Waals surface area contributed by atoms with Gasteiger partial charge in [-0.05, 0) is 27.7 Å². The first kappa shape index (κ1) is 17.8. The summed E-state index contributed by atoms with van der Waals surface area (Å²) in [5.41, 5.74) is -0.602. The standard InChI is InChI=1S/C15H21NO6S/c1-7(17)10-12(19)16-11(14(20)22-15(3,4)5)9(23-13(10)16)6-21-8(2)18/h7,10,13,17H,6H2,1-5H3/t7-,10+,13-/m1/s1. The molecule has 0 spiro atoms. The summed E-state index contributed by atoms with van der Waals surface area (Å²) >= 11 is 1.25. The topological polar surface area (TPSA) is 93.1 Å². The lowest BCUT2D eigenvalue weighted by molar-refractivity contribution is -0.162. The molecule has 0 aromatic rings. The maximum Gasteiger partial charge on any atom is 0.356 e. The average molecular weight is 343 g/mol. The Labute approximate surface area is 139 Å². The van der Waals surface area contributed by atoms with Gasteiger partial charge in [-0.3, -0.25) is 14.5 Å². The van der Waals surface area contributed by atoms with Crippen LogP contribution in [0.3, 0.4) is 0 Å². The summed E-state index contributed by atoms with van der Waals surface area (Å²) in [6.07, 6.45) is -0.816. The van der Waals surface area contributed by atoms with Crippen molar-refractivity contribution in [3.05, 3.63) is 10.6 Å². The fourth-order valence-corrected chi connectivity index (χ4v) is 3.96. The smallest absolute Gasteiger partial charge is 0.356 e. The molecular formula is C15H21NO6S. The number of thioether (sulfide) groups is 1. The molecule has 1 saturated heterocycles. The number of amides is 1. The Bertz CT molecular complexity index is 577. The lowest BCUT2D eigenvalue weighted by Gasteiger charge is -2.44. The van der Waals surface area contributed by atoms with E-state index in [1.807, 2.05) is 0 Å². The first-order valence-corrected chi connectivity index (χ1v) is 8.18. The van der Waals surface area contributed by atoms with E-state index in [-0.39, 0.29) is 23.6 Å². The van der Waals surface area contributed by atoms with Crippen LogP contribution in [0.15, 0.2) is 10.6 Å². The predicted molar refractivity (Wildman–Crippen MR) is 82.9 cm³/mol. The Kier molecular flexibility index (Phi) is 4.77. The van der Waals surface area contributed by atoms with Gasteiger partial charge in [0.05, 0.1) is 16.9 Å². The average Bonchev–Trinajstić information content (AvgIpc) is 2.68. The molecule has 1 N–H and O–H groups in total. The van der Waals surface area contributed by atoms with Gasteiger partial charge < -0.3 is 14.6 Å². The molecule has 7 nitrogen and oxygen atoms in total. The van der Waals surface area contributed by atoms with E-state index in [1.54, 1.807) is 20.8 Å². The Morgan fingerprint density at radius 1 is 1.39 bits per heavy atom. The number of nitrogens with zero attached hydrogens (tertiary/aromatic N) is 1. The van der Waals surface area contributed by atoms with Crippen molar-refractivity contribution in [2.45, 2.75) is 51.7 Å². The van der Waals surface area contributed by atoms with E-state index in [4.69, 9.17) is 9.47 Å². The van der Waals surface area contributed by atoms with Gasteiger partial charge in [0.2, 0.25) is 5.91 Å². The van der Waals surface area contributed by atoms with Crippen molar-refractivity contribution in [2.75, 3.05) is 6.61 Å². The predicted octanol–water partition coefficient (Wildman–Crippen LogP) is 1.01. The highest BCUT2D eigenvalue weighted by Gasteiger charge is 2.58. The number of ether oxygens (including phenoxy) is 2. The van der Waals surface area contributed by atoms with E-state index in [1.165, 1.54) is 30.5 Å². The molecule has 0 unspecified atom stereocenters. The third-order valence-corrected chi connectivity index (χ3v) is 4.71. The van der Waals surface area contributed by atoms with Crippen molar-refractivity contribution in [3.8, 4) is 0 Å². The van der Waals surface area contributed by atoms with Gasteiger partial charge in [0.25, 0.3) is 0 Å². The molecule has 2 aliphatic rings. The second kappa shape index (κ2) is 6.16. The van der Waals surface area contributed by atoms with Crippen LogP contribution in [0.4, 0.5) is 0 Å². The van der Waals surface area contributed by atoms with E-state index < -0.39 is 29.6 Å². The minimum absolute atomic E-state index is 0.0958. The number of aliphatic hydroxyl groups is 1. The molecule has 2 rings (SSSR count). The number of esters is 2. The molecule has 3 atom stereocenters. The number of fused-ring (bicyclic) bond motifs is 1. The molecule has 2 heterocycles. The maximum atomic E-state index is 12.4. The summed E-state index contributed by atoms with van der Waals surface area (Å²) in [5.74, 6) is -2.01. The van der Waals surface area contributed by atoms with Gasteiger partial charge >= 0.3 is 11.9 Å². The summed E-state index contributed by atoms with van der Waals surface area (Å²) in [7, 11) is 0. The Morgan fingerprint density at radius 3 is 2.48 bits per heavy atom. The summed E-state index contributed by atoms with van der Waals surface area (Å²) in [6, 6.07) is 0. The number of carbonyl (C=O) groups is 3. The third-order valence-electron chi connectivity index (χ3n) is 3.37. The van der Waals surface area contributed by atoms with E-state index in [9.17, 15) is 19.5 Å². The number of hydrogen-bond acceptors (Lipinski definition) is 7. The number of β-lactam (4-membered cyclic amide) rings is 1. The van der Waals surface area contributed by atoms with Crippen LogP contribution in [-0.4, -0.2) is 51.5 Å². The van der Waals surface area contributed by atoms with Gasteiger partial charge in [-0.15, -0.1) is 0 Å². The molecule has 1 fully saturated rings. The van der Waals surface area contributed by atoms with Gasteiger partial charge in [0, 0.05) is 6.92 Å². The van der Waals surface area contributed by atoms with Crippen LogP contribution in [0.2, 0.25) is 0 Å². The van der Waals surface area contributed by atoms with Crippen LogP contribution in [0.1, 0.15) is 34.6 Å². The van der Waals surface area contributed by atoms with Gasteiger partial charge in [0.1, 0.15) is 23.3 Å². The fraction of sp³-hybridized carbons (Fsp3) is 0.667. The number of hydrogen-bond donors (Lipinski definition) is 1. The molecule has 8 heteroatoms. The van der Waals surface area contributed by atoms with Gasteiger partial charge in [-0.2, -0.15) is 0 Å². The summed E-state index contributed by atoms with van der Waals surface area (Å²) in [6.45, 7) is 7.90. The minimum Gasteiger partial charge on any atom is -0.460 e. The van der Waals surface area contributed by atoms with E-state index in [2.05, 4.69) is 0 Å². The molecule has 0 aromatic carbocycles. The monoisotopic (exact) mass is 343 g/mol. The SMILES string of the molecule is CC(=O)OCC1=C(C(=O)OC(C)(C)C)N2C(=O)[C@H]([C@@H](C)O)[C@H]2S1. The Morgan fingerprint density at radius 2 is 2.00 bits per heavy atom. The zero-order valence-electron chi connectivity index (χ0n) is 13.8. The molecule has 0 radical (unpaired) electrons. The summed E-state index contributed by atoms with van der Waals surface area (Å²) < 4.78 is 10.3. The molecule has 1 amide bonds. The van der Waals surface area contributed by atoms with Crippen LogP contribution in [0, 0.1) is 5.92 Å². The second-order valence-corrected chi connectivity index (χ2v) is 7.75. The lowest BCUT2D eigenvalue weighted by atomic mass is 9.92. The molecule has 0 bridgehead atoms. The molecule has 128 valence electrons. The van der Waals surface area contributed by atoms with Crippen LogP contribution >= 0.6 is 11.8 Å². The molecule has 0 saturated carbocycles. The van der Waals surface area contributed by atoms with Crippen LogP contribution in [0.5, 0.6) is 0 Å². The maximum absolute atomic E-state index is 12.4. The van der Waals surface area contributed by atoms with E-state index in [0.717, 1.165) is 0 Å². The van der Waals surface area contributed by atoms with Crippen LogP contribution in [0.25, 0.3) is 0 Å². The zero-order chi connectivity index (χ0) is 17.5. The Hall–Kier alpha value is -1.54. The van der Waals surface area contributed by atoms with Crippen LogP contribution in [-0.2, 0) is 23.9 Å². The molecule has 0 aliphatic carbocycles. The minimum atomic E-state index is -0.816. The highest BCUT2D eigenvalue weighted by Crippen LogP contribution is 2.50. The zero-order valence-corrected chi connectivity index (χ0v) is 14.6. The summed E-state index contributed by atoms with van der Waals surface area (Å²) in [4.78, 5) is 37.5. The molecular weight excluding hydrogens is 322 g/mol. The van der Waals surface area contributed by atoms with Crippen molar-refractivity contribution in [1.82, 2.24) is 4.90 Å². The fourth-order valence-electron chi connectivity index (χ4n) is 2.44. The third kappa shape index (κ3) is 3.53. The molecule has 23 heavy (non-hydrogen) atoms. The lowest BCUT2D eigenvalue weighted by Crippen LogP contribution is -2.61. The summed E-state index contributed by atoms with van der Waals surface area (Å²) in [5, 5.41) is 9.36. The van der Waals surface area contributed by atoms with Crippen molar-refractivity contribution in [3.63, 3.8) is 0 Å². The van der Waals surface area contributed by atoms with Crippen molar-refractivity contribution in [1.29, 1.82) is 0 Å². The Balaban J connectivity index is 2.27. The quantitative estimate of drug-likeness (QED) is 0.601. The highest BCUT2D eigenvalue weighted by molar-refractivity contribution is 8.04. The number of rotatable bonds is 4. The van der Waals surface area contributed by atoms with Gasteiger partial charge in [-0.1, -0.05) is 11.8 Å². The van der Waals surface area contributed by atoms with Gasteiger partial charge in [0.15, 0.2) is 0 Å². The van der Waals surface area contributed by atoms with Crippen molar-refractivity contribution < 1.29 is 29.0 Å². The molecule has 0 aromatic heterocycles. The highest BCUT2D eigenvalue weighted by atomic mass is 32.2.